The molecule has 0 unspecified atom stereocenters. The molecule has 585 valence electrons. The second-order valence-corrected chi connectivity index (χ2v) is 45.6. The molecule has 0 saturated heterocycles. The van der Waals surface area contributed by atoms with Gasteiger partial charge in [0.25, 0.3) is 0 Å². The number of aromatic nitrogens is 10. The number of nitrogens with zero attached hydrogens (tertiary/aromatic N) is 10. The maximum atomic E-state index is 7.23. The second-order valence-electron chi connectivity index (χ2n) is 30.4. The van der Waals surface area contributed by atoms with Gasteiger partial charge >= 0.3 is 0 Å². The van der Waals surface area contributed by atoms with E-state index in [4.69, 9.17) is 26.5 Å². The van der Waals surface area contributed by atoms with Crippen molar-refractivity contribution < 1.29 is 81.8 Å². The Balaban J connectivity index is 0.000000154. The molecule has 0 aliphatic heterocycles. The molecule has 115 heavy (non-hydrogen) atoms. The van der Waals surface area contributed by atoms with Crippen molar-refractivity contribution in [2.24, 2.45) is 5.92 Å². The average Bonchev–Trinajstić information content (AvgIpc) is 1.69. The Kier molecular flexibility index (Phi) is 26.8. The number of aryl methyl sites for hydroxylation is 3. The summed E-state index contributed by atoms with van der Waals surface area (Å²) in [4.78, 5) is 43.9. The summed E-state index contributed by atoms with van der Waals surface area (Å²) in [5.41, 5.74) is 17.7. The molecule has 0 N–H and O–H groups in total. The van der Waals surface area contributed by atoms with Gasteiger partial charge in [-0.3, -0.25) is 0 Å². The third kappa shape index (κ3) is 21.8. The third-order valence-electron chi connectivity index (χ3n) is 18.4. The van der Waals surface area contributed by atoms with Crippen LogP contribution >= 0.6 is 0 Å². The minimum atomic E-state index is -2.09. The van der Waals surface area contributed by atoms with E-state index < -0.39 is 37.9 Å². The minimum absolute atomic E-state index is 0. The molecule has 0 saturated carbocycles. The van der Waals surface area contributed by atoms with Crippen LogP contribution in [0.15, 0.2) is 275 Å². The van der Waals surface area contributed by atoms with Crippen LogP contribution in [-0.4, -0.2) is 74.1 Å². The van der Waals surface area contributed by atoms with Gasteiger partial charge in [-0.2, -0.15) is 0 Å². The van der Waals surface area contributed by atoms with Crippen molar-refractivity contribution in [1.82, 2.24) is 49.8 Å². The molecule has 0 aliphatic rings. The quantitative estimate of drug-likeness (QED) is 0.0887. The van der Waals surface area contributed by atoms with Crippen LogP contribution in [0.25, 0.3) is 134 Å². The normalized spacial score (nSPS) is 12.1. The predicted octanol–water partition coefficient (Wildman–Crippen LogP) is 22.3. The standard InChI is InChI=1S/C23H25N2OSi.C19H18N3OSi.C19H17N2OSi.2C12H10N.C11H8N.3Ir/c1-15(2)12-16-13-20(25-14-21(16)27(3,4)5)19-9-6-8-17-18-10-7-11-24-23(18)26-22(17)19;1-12-5-7-14-15-10-20-11-16(18(15)23-19(14)22-12)17-8-6-13(9-21-17)24(2,3)4;1-23(2,3)13-8-9-17(21-10-13)16-12-20-11-15-14-6-4-5-7-18(14)22-19(15)16;2*1-10-7-8-12(13-9-10)11-5-3-2-4-6-11;1-2-6-10(7-3-1)11-8-4-5-9-12-11;;;/h6-8,10-11,13-15H,12H2,1-5H3;5-10H,1-4H3;4-11H,1-3H3;2*2-5,7-9H,1H3;1-6,8-9H;;;/q6*-1;;;/i;;;2*1D3;;;;. The van der Waals surface area contributed by atoms with Crippen LogP contribution in [0.1, 0.15) is 44.5 Å². The monoisotopic (exact) mass is 2100 g/mol. The first kappa shape index (κ1) is 78.5. The number of benzene rings is 5. The number of rotatable bonds is 11. The molecule has 0 spiro atoms. The van der Waals surface area contributed by atoms with Gasteiger partial charge in [0.1, 0.15) is 5.58 Å². The van der Waals surface area contributed by atoms with Crippen molar-refractivity contribution in [1.29, 1.82) is 0 Å². The Morgan fingerprint density at radius 3 is 1.37 bits per heavy atom. The zero-order valence-electron chi connectivity index (χ0n) is 71.8. The Bertz CT molecular complexity index is 6290. The van der Waals surface area contributed by atoms with Gasteiger partial charge in [0.2, 0.25) is 11.4 Å². The van der Waals surface area contributed by atoms with Crippen molar-refractivity contribution in [2.75, 3.05) is 0 Å². The van der Waals surface area contributed by atoms with E-state index in [9.17, 15) is 0 Å². The summed E-state index contributed by atoms with van der Waals surface area (Å²) in [6.07, 6.45) is 23.1. The number of furan rings is 3. The molecule has 0 bridgehead atoms. The summed E-state index contributed by atoms with van der Waals surface area (Å²) >= 11 is 0. The fraction of sp³-hybridized carbons (Fsp3) is 0.167. The van der Waals surface area contributed by atoms with Gasteiger partial charge in [-0.1, -0.05) is 185 Å². The van der Waals surface area contributed by atoms with Crippen LogP contribution in [0.4, 0.5) is 0 Å². The molecule has 18 aromatic rings. The Morgan fingerprint density at radius 2 is 0.861 bits per heavy atom. The van der Waals surface area contributed by atoms with Gasteiger partial charge in [-0.15, -0.1) is 126 Å². The number of hydrogen-bond acceptors (Lipinski definition) is 13. The van der Waals surface area contributed by atoms with Gasteiger partial charge in [-0.05, 0) is 166 Å². The van der Waals surface area contributed by atoms with Gasteiger partial charge in [0.15, 0.2) is 0 Å². The summed E-state index contributed by atoms with van der Waals surface area (Å²) in [6.45, 7) is 23.3. The molecule has 13 nitrogen and oxygen atoms in total. The predicted molar refractivity (Wildman–Crippen MR) is 466 cm³/mol. The minimum Gasteiger partial charge on any atom is -0.500 e. The number of pyridine rings is 10. The number of fused-ring (bicyclic) bond motifs is 9. The summed E-state index contributed by atoms with van der Waals surface area (Å²) < 4.78 is 61.5. The van der Waals surface area contributed by atoms with Crippen molar-refractivity contribution >= 4 is 106 Å². The zero-order chi connectivity index (χ0) is 83.5. The molecule has 0 aliphatic carbocycles. The summed E-state index contributed by atoms with van der Waals surface area (Å²) in [6, 6.07) is 78.4. The third-order valence-corrected chi connectivity index (χ3v) is 24.5. The molecular formula is C96H88Ir3N10O3Si3-6. The van der Waals surface area contributed by atoms with Crippen molar-refractivity contribution in [3.63, 3.8) is 0 Å². The van der Waals surface area contributed by atoms with Crippen LogP contribution in [0.3, 0.4) is 0 Å². The average molecular weight is 2100 g/mol. The van der Waals surface area contributed by atoms with E-state index in [1.165, 1.54) is 33.5 Å². The van der Waals surface area contributed by atoms with Crippen LogP contribution in [0.5, 0.6) is 0 Å². The van der Waals surface area contributed by atoms with Crippen LogP contribution < -0.4 is 15.6 Å². The van der Waals surface area contributed by atoms with E-state index in [1.54, 1.807) is 61.2 Å². The van der Waals surface area contributed by atoms with Crippen molar-refractivity contribution in [3.05, 3.63) is 321 Å². The van der Waals surface area contributed by atoms with E-state index in [0.29, 0.717) is 17.3 Å². The van der Waals surface area contributed by atoms with Gasteiger partial charge in [-0.25, -0.2) is 9.97 Å². The van der Waals surface area contributed by atoms with Gasteiger partial charge < -0.3 is 53.1 Å². The van der Waals surface area contributed by atoms with E-state index in [-0.39, 0.29) is 71.4 Å². The van der Waals surface area contributed by atoms with E-state index in [0.717, 1.165) is 134 Å². The van der Waals surface area contributed by atoms with Crippen LogP contribution in [-0.2, 0) is 66.7 Å². The largest absolute Gasteiger partial charge is 0.500 e. The molecule has 19 heteroatoms. The van der Waals surface area contributed by atoms with Gasteiger partial charge in [0, 0.05) is 134 Å². The van der Waals surface area contributed by atoms with Gasteiger partial charge in [0.05, 0.1) is 41.0 Å². The fourth-order valence-corrected chi connectivity index (χ4v) is 16.2. The second kappa shape index (κ2) is 39.3. The molecule has 0 amide bonds. The number of hydrogen-bond donors (Lipinski definition) is 0. The molecule has 5 aromatic carbocycles. The SMILES string of the molecule is CC(C)Cc1cc(-c2[c-]ccc3c2oc2ncccc23)ncc1[Si](C)(C)C.C[Si](C)(C)c1ccc(-c2[c-]ncc3c2oc2ccccc23)nc1.Cc1ccc2c(n1)oc1c(-c3ccc([Si](C)(C)C)cn3)[c-]ncc12.[2H]C([2H])([2H])c1ccc(-c2[c-]cccc2)nc1.[2H]C([2H])([2H])c1ccc(-c2[c-]cccc2)nc1.[Ir].[Ir].[Ir].[c-]1ccccc1-c1ccccn1. The first-order valence-electron chi connectivity index (χ1n) is 40.0. The van der Waals surface area contributed by atoms with E-state index in [2.05, 4.69) is 179 Å². The number of para-hydroxylation sites is 1. The van der Waals surface area contributed by atoms with Crippen LogP contribution in [0, 0.1) is 63.2 Å². The Hall–Kier alpha value is -10.4. The Morgan fingerprint density at radius 1 is 0.374 bits per heavy atom. The molecule has 0 atom stereocenters. The smallest absolute Gasteiger partial charge is 0.216 e. The summed E-state index contributed by atoms with van der Waals surface area (Å²) in [5, 5.41) is 10.2. The molecule has 13 aromatic heterocycles. The maximum Gasteiger partial charge on any atom is 0.216 e. The molecule has 3 radical (unpaired) electrons. The van der Waals surface area contributed by atoms with Crippen molar-refractivity contribution in [2.45, 2.75) is 99.8 Å². The first-order valence-corrected chi connectivity index (χ1v) is 47.5. The Labute approximate surface area is 726 Å². The summed E-state index contributed by atoms with van der Waals surface area (Å²) in [7, 11) is -4.17. The molecule has 13 heterocycles. The zero-order valence-corrected chi connectivity index (χ0v) is 76.0. The van der Waals surface area contributed by atoms with E-state index >= 15 is 0 Å². The molecule has 18 rings (SSSR count). The van der Waals surface area contributed by atoms with Crippen molar-refractivity contribution in [3.8, 4) is 67.5 Å². The molecule has 0 fully saturated rings. The molecular weight excluding hydrogens is 2000 g/mol. The maximum absolute atomic E-state index is 7.23. The fourth-order valence-electron chi connectivity index (χ4n) is 12.5. The summed E-state index contributed by atoms with van der Waals surface area (Å²) in [5.74, 6) is 0.602. The topological polar surface area (TPSA) is 168 Å². The first-order chi connectivity index (χ1) is 56.4. The van der Waals surface area contributed by atoms with E-state index in [1.807, 2.05) is 171 Å². The van der Waals surface area contributed by atoms with Crippen LogP contribution in [0.2, 0.25) is 58.9 Å².